The van der Waals surface area contributed by atoms with Crippen LogP contribution in [0.4, 0.5) is 5.69 Å². The number of thioether (sulfide) groups is 1. The fourth-order valence-electron chi connectivity index (χ4n) is 3.42. The molecule has 2 aromatic carbocycles. The zero-order valence-corrected chi connectivity index (χ0v) is 21.1. The maximum Gasteiger partial charge on any atom is 0.251 e. The van der Waals surface area contributed by atoms with Crippen LogP contribution >= 0.6 is 11.8 Å². The minimum absolute atomic E-state index is 0.145. The van der Waals surface area contributed by atoms with Crippen molar-refractivity contribution in [2.24, 2.45) is 0 Å². The van der Waals surface area contributed by atoms with Gasteiger partial charge in [0.15, 0.2) is 11.0 Å². The average molecular weight is 498 g/mol. The smallest absolute Gasteiger partial charge is 0.251 e. The van der Waals surface area contributed by atoms with E-state index in [1.807, 2.05) is 31.2 Å². The van der Waals surface area contributed by atoms with E-state index in [9.17, 15) is 14.7 Å². The topological polar surface area (TPSA) is 118 Å². The van der Waals surface area contributed by atoms with Gasteiger partial charge in [-0.05, 0) is 54.8 Å². The first kappa shape index (κ1) is 26.2. The van der Waals surface area contributed by atoms with Gasteiger partial charge in [-0.1, -0.05) is 37.7 Å². The SMILES string of the molecule is CCn1c(SCC(=O)Nc2ccc(C(C)C)cc2)nnc1C(CO)NC(=O)c1ccc(OC)cc1. The van der Waals surface area contributed by atoms with Crippen LogP contribution in [0.1, 0.15) is 54.5 Å². The summed E-state index contributed by atoms with van der Waals surface area (Å²) < 4.78 is 6.90. The zero-order chi connectivity index (χ0) is 25.4. The first-order valence-corrected chi connectivity index (χ1v) is 12.4. The van der Waals surface area contributed by atoms with E-state index in [0.29, 0.717) is 34.8 Å². The van der Waals surface area contributed by atoms with E-state index < -0.39 is 6.04 Å². The molecule has 0 saturated heterocycles. The molecule has 3 aromatic rings. The van der Waals surface area contributed by atoms with Gasteiger partial charge in [0.2, 0.25) is 5.91 Å². The van der Waals surface area contributed by atoms with Crippen LogP contribution in [0.3, 0.4) is 0 Å². The van der Waals surface area contributed by atoms with Crippen molar-refractivity contribution >= 4 is 29.3 Å². The van der Waals surface area contributed by atoms with Crippen molar-refractivity contribution in [3.63, 3.8) is 0 Å². The molecule has 186 valence electrons. The fourth-order valence-corrected chi connectivity index (χ4v) is 4.23. The van der Waals surface area contributed by atoms with E-state index in [1.165, 1.54) is 17.3 Å². The molecular formula is C25H31N5O4S. The number of ether oxygens (including phenoxy) is 1. The normalized spacial score (nSPS) is 11.8. The molecule has 9 nitrogen and oxygen atoms in total. The molecular weight excluding hydrogens is 466 g/mol. The van der Waals surface area contributed by atoms with Crippen molar-refractivity contribution in [1.82, 2.24) is 20.1 Å². The van der Waals surface area contributed by atoms with Gasteiger partial charge in [-0.2, -0.15) is 0 Å². The van der Waals surface area contributed by atoms with E-state index >= 15 is 0 Å². The molecule has 10 heteroatoms. The van der Waals surface area contributed by atoms with Crippen molar-refractivity contribution in [3.05, 3.63) is 65.5 Å². The van der Waals surface area contributed by atoms with Gasteiger partial charge in [0.1, 0.15) is 11.8 Å². The zero-order valence-electron chi connectivity index (χ0n) is 20.3. The number of hydrogen-bond acceptors (Lipinski definition) is 7. The Morgan fingerprint density at radius 1 is 1.09 bits per heavy atom. The number of benzene rings is 2. The number of nitrogens with one attached hydrogen (secondary N) is 2. The van der Waals surface area contributed by atoms with Gasteiger partial charge in [-0.15, -0.1) is 10.2 Å². The van der Waals surface area contributed by atoms with Gasteiger partial charge < -0.3 is 25.0 Å². The van der Waals surface area contributed by atoms with Crippen LogP contribution in [-0.2, 0) is 11.3 Å². The quantitative estimate of drug-likeness (QED) is 0.346. The number of methoxy groups -OCH3 is 1. The third kappa shape index (κ3) is 6.83. The molecule has 1 atom stereocenters. The summed E-state index contributed by atoms with van der Waals surface area (Å²) in [5, 5.41) is 24.5. The van der Waals surface area contributed by atoms with Crippen LogP contribution in [-0.4, -0.2) is 51.2 Å². The summed E-state index contributed by atoms with van der Waals surface area (Å²) in [5.41, 5.74) is 2.37. The predicted molar refractivity (Wildman–Crippen MR) is 136 cm³/mol. The molecule has 0 aliphatic heterocycles. The highest BCUT2D eigenvalue weighted by molar-refractivity contribution is 7.99. The number of amides is 2. The summed E-state index contributed by atoms with van der Waals surface area (Å²) in [7, 11) is 1.55. The number of aromatic nitrogens is 3. The summed E-state index contributed by atoms with van der Waals surface area (Å²) in [4.78, 5) is 25.1. The second-order valence-corrected chi connectivity index (χ2v) is 9.08. The Kier molecular flexibility index (Phi) is 9.27. The standard InChI is InChI=1S/C25H31N5O4S/c1-5-30-23(21(14-31)27-24(33)18-8-12-20(34-4)13-9-18)28-29-25(30)35-15-22(32)26-19-10-6-17(7-11-19)16(2)3/h6-13,16,21,31H,5,14-15H2,1-4H3,(H,26,32)(H,27,33). The molecule has 1 unspecified atom stereocenters. The highest BCUT2D eigenvalue weighted by atomic mass is 32.2. The van der Waals surface area contributed by atoms with Crippen molar-refractivity contribution in [1.29, 1.82) is 0 Å². The minimum atomic E-state index is -0.750. The number of aliphatic hydroxyl groups is 1. The van der Waals surface area contributed by atoms with Crippen LogP contribution in [0.25, 0.3) is 0 Å². The summed E-state index contributed by atoms with van der Waals surface area (Å²) in [6.07, 6.45) is 0. The van der Waals surface area contributed by atoms with Crippen molar-refractivity contribution in [3.8, 4) is 5.75 Å². The highest BCUT2D eigenvalue weighted by Gasteiger charge is 2.23. The summed E-state index contributed by atoms with van der Waals surface area (Å²) in [6, 6.07) is 13.7. The number of carbonyl (C=O) groups is 2. The van der Waals surface area contributed by atoms with E-state index in [-0.39, 0.29) is 24.2 Å². The lowest BCUT2D eigenvalue weighted by molar-refractivity contribution is -0.113. The molecule has 0 aliphatic carbocycles. The van der Waals surface area contributed by atoms with Crippen LogP contribution in [0, 0.1) is 0 Å². The molecule has 35 heavy (non-hydrogen) atoms. The van der Waals surface area contributed by atoms with Crippen molar-refractivity contribution < 1.29 is 19.4 Å². The third-order valence-electron chi connectivity index (χ3n) is 5.41. The van der Waals surface area contributed by atoms with E-state index in [0.717, 1.165) is 5.69 Å². The second kappa shape index (κ2) is 12.4. The molecule has 1 heterocycles. The van der Waals surface area contributed by atoms with Crippen LogP contribution in [0.5, 0.6) is 5.75 Å². The van der Waals surface area contributed by atoms with Crippen LogP contribution < -0.4 is 15.4 Å². The number of hydrogen-bond donors (Lipinski definition) is 3. The Morgan fingerprint density at radius 3 is 2.34 bits per heavy atom. The molecule has 3 rings (SSSR count). The van der Waals surface area contributed by atoms with Crippen molar-refractivity contribution in [2.45, 2.75) is 44.4 Å². The average Bonchev–Trinajstić information content (AvgIpc) is 3.29. The lowest BCUT2D eigenvalue weighted by Gasteiger charge is -2.17. The van der Waals surface area contributed by atoms with Gasteiger partial charge in [0, 0.05) is 17.8 Å². The van der Waals surface area contributed by atoms with E-state index in [4.69, 9.17) is 4.74 Å². The Labute approximate surface area is 209 Å². The maximum atomic E-state index is 12.7. The van der Waals surface area contributed by atoms with Gasteiger partial charge in [-0.25, -0.2) is 0 Å². The maximum absolute atomic E-state index is 12.7. The molecule has 2 amide bonds. The number of rotatable bonds is 11. The Morgan fingerprint density at radius 2 is 1.77 bits per heavy atom. The minimum Gasteiger partial charge on any atom is -0.497 e. The molecule has 0 radical (unpaired) electrons. The third-order valence-corrected chi connectivity index (χ3v) is 6.37. The lowest BCUT2D eigenvalue weighted by atomic mass is 10.0. The van der Waals surface area contributed by atoms with Crippen LogP contribution in [0.15, 0.2) is 53.7 Å². The summed E-state index contributed by atoms with van der Waals surface area (Å²) in [5.74, 6) is 1.12. The molecule has 3 N–H and O–H groups in total. The first-order valence-electron chi connectivity index (χ1n) is 11.4. The van der Waals surface area contributed by atoms with E-state index in [2.05, 4.69) is 34.7 Å². The Balaban J connectivity index is 1.63. The molecule has 0 aliphatic rings. The Bertz CT molecular complexity index is 1130. The predicted octanol–water partition coefficient (Wildman–Crippen LogP) is 3.62. The number of carbonyl (C=O) groups excluding carboxylic acids is 2. The monoisotopic (exact) mass is 497 g/mol. The largest absolute Gasteiger partial charge is 0.497 e. The van der Waals surface area contributed by atoms with Crippen LogP contribution in [0.2, 0.25) is 0 Å². The van der Waals surface area contributed by atoms with Gasteiger partial charge in [0.05, 0.1) is 19.5 Å². The van der Waals surface area contributed by atoms with Gasteiger partial charge in [-0.3, -0.25) is 9.59 Å². The number of nitrogens with zero attached hydrogens (tertiary/aromatic N) is 3. The Hall–Kier alpha value is -3.37. The number of aliphatic hydroxyl groups excluding tert-OH is 1. The van der Waals surface area contributed by atoms with Gasteiger partial charge in [0.25, 0.3) is 5.91 Å². The van der Waals surface area contributed by atoms with Crippen molar-refractivity contribution in [2.75, 3.05) is 24.8 Å². The summed E-state index contributed by atoms with van der Waals surface area (Å²) >= 11 is 1.24. The molecule has 0 bridgehead atoms. The highest BCUT2D eigenvalue weighted by Crippen LogP contribution is 2.22. The molecule has 1 aromatic heterocycles. The molecule has 0 spiro atoms. The first-order chi connectivity index (χ1) is 16.9. The lowest BCUT2D eigenvalue weighted by Crippen LogP contribution is -2.32. The van der Waals surface area contributed by atoms with E-state index in [1.54, 1.807) is 35.9 Å². The summed E-state index contributed by atoms with van der Waals surface area (Å²) in [6.45, 7) is 6.31. The fraction of sp³-hybridized carbons (Fsp3) is 0.360. The number of anilines is 1. The molecule has 0 fully saturated rings. The molecule has 0 saturated carbocycles. The van der Waals surface area contributed by atoms with Gasteiger partial charge >= 0.3 is 0 Å². The second-order valence-electron chi connectivity index (χ2n) is 8.14.